The lowest BCUT2D eigenvalue weighted by molar-refractivity contribution is 0.347. The highest BCUT2D eigenvalue weighted by atomic mass is 32.2. The number of aliphatic imine (C=N–C) groups is 2. The smallest absolute Gasteiger partial charge is 0.197 e. The molecule has 3 heterocycles. The van der Waals surface area contributed by atoms with Crippen molar-refractivity contribution in [1.29, 1.82) is 0 Å². The summed E-state index contributed by atoms with van der Waals surface area (Å²) in [6.45, 7) is 4.16. The average molecular weight is 517 g/mol. The second-order valence-corrected chi connectivity index (χ2v) is 9.93. The highest BCUT2D eigenvalue weighted by Gasteiger charge is 2.21. The van der Waals surface area contributed by atoms with E-state index in [1.807, 2.05) is 80.7 Å². The van der Waals surface area contributed by atoms with E-state index in [2.05, 4.69) is 32.2 Å². The quantitative estimate of drug-likeness (QED) is 0.281. The molecular formula is C29H36N6OS. The van der Waals surface area contributed by atoms with Gasteiger partial charge in [-0.15, -0.1) is 0 Å². The Balaban J connectivity index is 0.00000400. The van der Waals surface area contributed by atoms with Gasteiger partial charge >= 0.3 is 0 Å². The predicted octanol–water partition coefficient (Wildman–Crippen LogP) is 6.62. The molecule has 2 aromatic heterocycles. The molecule has 3 aromatic rings. The van der Waals surface area contributed by atoms with E-state index < -0.39 is 0 Å². The minimum Gasteiger partial charge on any atom is -0.453 e. The van der Waals surface area contributed by atoms with E-state index in [1.165, 1.54) is 11.8 Å². The Bertz CT molecular complexity index is 1240. The van der Waals surface area contributed by atoms with Crippen molar-refractivity contribution >= 4 is 29.3 Å². The largest absolute Gasteiger partial charge is 0.453 e. The van der Waals surface area contributed by atoms with Crippen LogP contribution in [0.3, 0.4) is 0 Å². The van der Waals surface area contributed by atoms with Crippen LogP contribution in [0.25, 0.3) is 0 Å². The average Bonchev–Trinajstić information content (AvgIpc) is 3.14. The summed E-state index contributed by atoms with van der Waals surface area (Å²) < 4.78 is 6.25. The van der Waals surface area contributed by atoms with Gasteiger partial charge in [-0.3, -0.25) is 4.99 Å². The first-order valence-corrected chi connectivity index (χ1v) is 13.4. The van der Waals surface area contributed by atoms with Crippen LogP contribution in [-0.2, 0) is 0 Å². The maximum Gasteiger partial charge on any atom is 0.197 e. The summed E-state index contributed by atoms with van der Waals surface area (Å²) >= 11 is 1.53. The molecular weight excluding hydrogens is 480 g/mol. The van der Waals surface area contributed by atoms with Crippen LogP contribution in [0.4, 0.5) is 5.82 Å². The number of aromatic nitrogens is 2. The fourth-order valence-electron chi connectivity index (χ4n) is 4.14. The molecule has 37 heavy (non-hydrogen) atoms. The van der Waals surface area contributed by atoms with Crippen LogP contribution in [0.5, 0.6) is 11.5 Å². The van der Waals surface area contributed by atoms with Crippen molar-refractivity contribution in [2.24, 2.45) is 15.9 Å². The van der Waals surface area contributed by atoms with Crippen LogP contribution in [-0.4, -0.2) is 53.7 Å². The summed E-state index contributed by atoms with van der Waals surface area (Å²) in [4.78, 5) is 21.9. The van der Waals surface area contributed by atoms with E-state index in [0.29, 0.717) is 23.3 Å². The monoisotopic (exact) mass is 516 g/mol. The summed E-state index contributed by atoms with van der Waals surface area (Å²) in [5.41, 5.74) is 0. The van der Waals surface area contributed by atoms with Gasteiger partial charge in [0, 0.05) is 37.7 Å². The zero-order chi connectivity index (χ0) is 25.9. The Morgan fingerprint density at radius 2 is 1.97 bits per heavy atom. The number of nitrogens with one attached hydrogen (secondary N) is 1. The minimum absolute atomic E-state index is 0. The molecule has 1 N–H and O–H groups in total. The van der Waals surface area contributed by atoms with Crippen LogP contribution < -0.4 is 10.1 Å². The highest BCUT2D eigenvalue weighted by molar-refractivity contribution is 7.99. The SMILES string of the molecule is C/C=C/C(=N\c1ncc(Sc2ccccn2)cc1Oc1ccccc1)NC(=NC)C1CCCN(C)CC1.[HH]. The van der Waals surface area contributed by atoms with Gasteiger partial charge in [0.1, 0.15) is 22.4 Å². The van der Waals surface area contributed by atoms with Crippen molar-refractivity contribution in [3.05, 3.63) is 79.1 Å². The summed E-state index contributed by atoms with van der Waals surface area (Å²) in [6.07, 6.45) is 10.8. The van der Waals surface area contributed by atoms with Crippen molar-refractivity contribution in [2.45, 2.75) is 36.1 Å². The first-order valence-electron chi connectivity index (χ1n) is 12.6. The molecule has 4 rings (SSSR count). The lowest BCUT2D eigenvalue weighted by Crippen LogP contribution is -2.35. The number of allylic oxidation sites excluding steroid dienone is 1. The van der Waals surface area contributed by atoms with E-state index in [0.717, 1.165) is 53.9 Å². The van der Waals surface area contributed by atoms with Gasteiger partial charge in [0.15, 0.2) is 11.6 Å². The molecule has 1 fully saturated rings. The Morgan fingerprint density at radius 1 is 1.14 bits per heavy atom. The molecule has 1 atom stereocenters. The zero-order valence-electron chi connectivity index (χ0n) is 21.7. The number of amidine groups is 2. The minimum atomic E-state index is 0. The molecule has 1 aliphatic rings. The lowest BCUT2D eigenvalue weighted by atomic mass is 9.99. The first kappa shape index (κ1) is 26.6. The van der Waals surface area contributed by atoms with E-state index in [1.54, 1.807) is 12.4 Å². The van der Waals surface area contributed by atoms with Crippen molar-refractivity contribution in [3.8, 4) is 11.5 Å². The molecule has 194 valence electrons. The molecule has 1 aromatic carbocycles. The van der Waals surface area contributed by atoms with Crippen molar-refractivity contribution in [1.82, 2.24) is 20.2 Å². The summed E-state index contributed by atoms with van der Waals surface area (Å²) in [6, 6.07) is 17.5. The molecule has 7 nitrogen and oxygen atoms in total. The van der Waals surface area contributed by atoms with E-state index in [9.17, 15) is 0 Å². The molecule has 8 heteroatoms. The molecule has 1 aliphatic heterocycles. The first-order chi connectivity index (χ1) is 18.1. The molecule has 0 aliphatic carbocycles. The summed E-state index contributed by atoms with van der Waals surface area (Å²) in [5, 5.41) is 4.38. The predicted molar refractivity (Wildman–Crippen MR) is 154 cm³/mol. The Morgan fingerprint density at radius 3 is 2.73 bits per heavy atom. The number of likely N-dealkylation sites (tertiary alicyclic amines) is 1. The second-order valence-electron chi connectivity index (χ2n) is 8.84. The standard InChI is InChI=1S/C29H34N6OS.H2/c1-4-11-26(33-28(30-2)22-12-10-18-35(3)19-16-22)34-29-25(36-23-13-6-5-7-14-23)20-24(21-32-29)37-27-15-8-9-17-31-27;/h4-9,11,13-15,17,20-22H,10,12,16,18-19H2,1-3H3,(H,30,32,33,34);1H/b11-4+;. The van der Waals surface area contributed by atoms with Crippen LogP contribution >= 0.6 is 11.8 Å². The maximum absolute atomic E-state index is 6.25. The Kier molecular flexibility index (Phi) is 9.85. The lowest BCUT2D eigenvalue weighted by Gasteiger charge is -2.19. The normalized spacial score (nSPS) is 17.5. The summed E-state index contributed by atoms with van der Waals surface area (Å²) in [5.74, 6) is 3.79. The van der Waals surface area contributed by atoms with Crippen molar-refractivity contribution in [3.63, 3.8) is 0 Å². The van der Waals surface area contributed by atoms with Gasteiger partial charge in [-0.1, -0.05) is 42.1 Å². The van der Waals surface area contributed by atoms with Crippen LogP contribution in [0.1, 0.15) is 27.6 Å². The van der Waals surface area contributed by atoms with E-state index >= 15 is 0 Å². The van der Waals surface area contributed by atoms with Gasteiger partial charge in [0.05, 0.1) is 0 Å². The van der Waals surface area contributed by atoms with Gasteiger partial charge in [0.2, 0.25) is 0 Å². The van der Waals surface area contributed by atoms with Gasteiger partial charge < -0.3 is 15.0 Å². The molecule has 0 spiro atoms. The number of ether oxygens (including phenoxy) is 1. The topological polar surface area (TPSA) is 75.0 Å². The fourth-order valence-corrected chi connectivity index (χ4v) is 4.92. The number of nitrogens with zero attached hydrogens (tertiary/aromatic N) is 5. The van der Waals surface area contributed by atoms with Gasteiger partial charge in [-0.05, 0) is 76.7 Å². The fraction of sp³-hybridized carbons (Fsp3) is 0.310. The zero-order valence-corrected chi connectivity index (χ0v) is 22.5. The third-order valence-corrected chi connectivity index (χ3v) is 6.93. The Hall–Kier alpha value is -3.49. The third kappa shape index (κ3) is 8.00. The number of pyridine rings is 2. The molecule has 0 amide bonds. The second kappa shape index (κ2) is 13.7. The van der Waals surface area contributed by atoms with E-state index in [-0.39, 0.29) is 1.43 Å². The molecule has 0 bridgehead atoms. The third-order valence-electron chi connectivity index (χ3n) is 6.03. The van der Waals surface area contributed by atoms with Crippen molar-refractivity contribution < 1.29 is 6.16 Å². The maximum atomic E-state index is 6.25. The number of hydrogen-bond acceptors (Lipinski definition) is 7. The molecule has 1 unspecified atom stereocenters. The van der Waals surface area contributed by atoms with Crippen LogP contribution in [0.15, 0.2) is 99.0 Å². The highest BCUT2D eigenvalue weighted by Crippen LogP contribution is 2.35. The van der Waals surface area contributed by atoms with Gasteiger partial charge in [-0.2, -0.15) is 0 Å². The van der Waals surface area contributed by atoms with Gasteiger partial charge in [-0.25, -0.2) is 15.0 Å². The number of benzene rings is 1. The summed E-state index contributed by atoms with van der Waals surface area (Å²) in [7, 11) is 4.02. The van der Waals surface area contributed by atoms with Crippen LogP contribution in [0.2, 0.25) is 0 Å². The number of rotatable bonds is 7. The number of hydrogen-bond donors (Lipinski definition) is 1. The van der Waals surface area contributed by atoms with Crippen LogP contribution in [0, 0.1) is 5.92 Å². The molecule has 1 saturated heterocycles. The molecule has 0 saturated carbocycles. The van der Waals surface area contributed by atoms with E-state index in [4.69, 9.17) is 9.73 Å². The molecule has 0 radical (unpaired) electrons. The Labute approximate surface area is 225 Å². The van der Waals surface area contributed by atoms with Gasteiger partial charge in [0.25, 0.3) is 0 Å². The number of para-hydroxylation sites is 1. The van der Waals surface area contributed by atoms with Crippen molar-refractivity contribution in [2.75, 3.05) is 27.2 Å².